The molecule has 1 saturated heterocycles. The number of pyridine rings is 1. The molecule has 4 atom stereocenters. The fraction of sp³-hybridized carbons (Fsp3) is 0.406. The lowest BCUT2D eigenvalue weighted by Crippen LogP contribution is -2.49. The van der Waals surface area contributed by atoms with Crippen LogP contribution in [0, 0.1) is 17.5 Å². The summed E-state index contributed by atoms with van der Waals surface area (Å²) in [4.78, 5) is 29.0. The Hall–Kier alpha value is -3.52. The molecule has 0 amide bonds. The zero-order valence-corrected chi connectivity index (χ0v) is 25.2. The van der Waals surface area contributed by atoms with Crippen molar-refractivity contribution in [3.05, 3.63) is 99.6 Å². The molecule has 1 fully saturated rings. The number of carbonyl (C=O) groups excluding carboxylic acids is 2. The van der Waals surface area contributed by atoms with Crippen LogP contribution in [-0.2, 0) is 31.9 Å². The van der Waals surface area contributed by atoms with Gasteiger partial charge in [0, 0.05) is 36.2 Å². The summed E-state index contributed by atoms with van der Waals surface area (Å²) in [6.07, 6.45) is -4.23. The van der Waals surface area contributed by atoms with Crippen molar-refractivity contribution in [2.45, 2.75) is 62.4 Å². The largest absolute Gasteiger partial charge is 0.464 e. The summed E-state index contributed by atoms with van der Waals surface area (Å²) >= 11 is 6.01. The van der Waals surface area contributed by atoms with Crippen molar-refractivity contribution in [1.29, 1.82) is 0 Å². The maximum Gasteiger partial charge on any atom is 0.389 e. The van der Waals surface area contributed by atoms with E-state index in [1.54, 1.807) is 24.3 Å². The van der Waals surface area contributed by atoms with Crippen LogP contribution in [0.2, 0.25) is 5.02 Å². The lowest BCUT2D eigenvalue weighted by Gasteiger charge is -2.30. The molecule has 1 aliphatic heterocycles. The molecule has 4 rings (SSSR count). The van der Waals surface area contributed by atoms with Gasteiger partial charge in [-0.05, 0) is 59.4 Å². The van der Waals surface area contributed by atoms with Crippen LogP contribution < -0.4 is 11.1 Å². The summed E-state index contributed by atoms with van der Waals surface area (Å²) in [5.41, 5.74) is 7.62. The van der Waals surface area contributed by atoms with Crippen LogP contribution in [0.15, 0.2) is 54.9 Å². The Morgan fingerprint density at radius 3 is 2.39 bits per heavy atom. The average molecular weight is 672 g/mol. The normalized spacial score (nSPS) is 18.2. The first-order valence-electron chi connectivity index (χ1n) is 14.5. The Kier molecular flexibility index (Phi) is 12.2. The molecule has 2 aromatic carbocycles. The lowest BCUT2D eigenvalue weighted by atomic mass is 9.82. The Morgan fingerprint density at radius 1 is 1.07 bits per heavy atom. The Morgan fingerprint density at radius 2 is 1.76 bits per heavy atom. The summed E-state index contributed by atoms with van der Waals surface area (Å²) in [6.45, 7) is 0.265. The van der Waals surface area contributed by atoms with Gasteiger partial charge >= 0.3 is 12.1 Å². The van der Waals surface area contributed by atoms with E-state index in [1.807, 2.05) is 0 Å². The van der Waals surface area contributed by atoms with Crippen molar-refractivity contribution in [1.82, 2.24) is 10.3 Å². The minimum absolute atomic E-state index is 0.114. The van der Waals surface area contributed by atoms with Crippen LogP contribution in [0.5, 0.6) is 0 Å². The van der Waals surface area contributed by atoms with Crippen LogP contribution in [0.3, 0.4) is 0 Å². The standard InChI is InChI=1S/C32H32ClF6N3O4/c33-21-3-1-18(2-4-21)30(19-9-22(34)12-23(35)10-19)31(40)28(43)11-20-13-41-15-27(36)26(20)6-5-25-14-42-24(16-45-25)17-46-29(44)7-8-32(37,38)39/h1-4,9-10,12-13,15,24-25,30-31,42H,5-8,11,14,16-17,40H2/t24-,25+,30-,31+/m0/s1. The zero-order chi connectivity index (χ0) is 33.4. The zero-order valence-electron chi connectivity index (χ0n) is 24.5. The van der Waals surface area contributed by atoms with E-state index in [4.69, 9.17) is 26.8 Å². The van der Waals surface area contributed by atoms with Gasteiger partial charge in [-0.1, -0.05) is 23.7 Å². The van der Waals surface area contributed by atoms with Gasteiger partial charge in [0.2, 0.25) is 0 Å². The first kappa shape index (κ1) is 35.3. The van der Waals surface area contributed by atoms with Gasteiger partial charge in [0.05, 0.1) is 43.8 Å². The molecule has 7 nitrogen and oxygen atoms in total. The molecule has 3 N–H and O–H groups in total. The highest BCUT2D eigenvalue weighted by molar-refractivity contribution is 6.30. The number of nitrogens with zero attached hydrogens (tertiary/aromatic N) is 1. The molecule has 0 aliphatic carbocycles. The van der Waals surface area contributed by atoms with Crippen molar-refractivity contribution in [2.75, 3.05) is 19.8 Å². The molecule has 0 radical (unpaired) electrons. The topological polar surface area (TPSA) is 104 Å². The highest BCUT2D eigenvalue weighted by atomic mass is 35.5. The van der Waals surface area contributed by atoms with E-state index in [0.29, 0.717) is 35.2 Å². The number of nitrogens with two attached hydrogens (primary N) is 1. The first-order chi connectivity index (χ1) is 21.8. The van der Waals surface area contributed by atoms with Gasteiger partial charge in [0.25, 0.3) is 0 Å². The van der Waals surface area contributed by atoms with Crippen molar-refractivity contribution in [3.63, 3.8) is 0 Å². The predicted molar refractivity (Wildman–Crippen MR) is 157 cm³/mol. The van der Waals surface area contributed by atoms with E-state index in [1.165, 1.54) is 6.20 Å². The second kappa shape index (κ2) is 15.9. The molecule has 46 heavy (non-hydrogen) atoms. The van der Waals surface area contributed by atoms with Gasteiger partial charge in [-0.15, -0.1) is 0 Å². The molecule has 3 aromatic rings. The van der Waals surface area contributed by atoms with E-state index in [-0.39, 0.29) is 43.3 Å². The highest BCUT2D eigenvalue weighted by Crippen LogP contribution is 2.31. The third-order valence-corrected chi connectivity index (χ3v) is 7.86. The summed E-state index contributed by atoms with van der Waals surface area (Å²) in [7, 11) is 0. The average Bonchev–Trinajstić information content (AvgIpc) is 2.99. The number of hydrogen-bond acceptors (Lipinski definition) is 7. The second-order valence-electron chi connectivity index (χ2n) is 11.1. The van der Waals surface area contributed by atoms with Gasteiger partial charge < -0.3 is 20.5 Å². The molecule has 0 spiro atoms. The number of carbonyl (C=O) groups is 2. The summed E-state index contributed by atoms with van der Waals surface area (Å²) < 4.78 is 90.8. The number of halogens is 7. The summed E-state index contributed by atoms with van der Waals surface area (Å²) in [5, 5.41) is 3.52. The fourth-order valence-electron chi connectivity index (χ4n) is 5.23. The molecule has 2 heterocycles. The quantitative estimate of drug-likeness (QED) is 0.180. The predicted octanol–water partition coefficient (Wildman–Crippen LogP) is 5.60. The van der Waals surface area contributed by atoms with E-state index in [2.05, 4.69) is 10.3 Å². The number of nitrogens with one attached hydrogen (secondary N) is 1. The first-order valence-corrected chi connectivity index (χ1v) is 14.8. The third-order valence-electron chi connectivity index (χ3n) is 7.60. The molecule has 248 valence electrons. The van der Waals surface area contributed by atoms with E-state index >= 15 is 0 Å². The minimum Gasteiger partial charge on any atom is -0.464 e. The maximum absolute atomic E-state index is 15.0. The molecule has 1 aliphatic rings. The van der Waals surface area contributed by atoms with Gasteiger partial charge in [-0.3, -0.25) is 14.6 Å². The lowest BCUT2D eigenvalue weighted by molar-refractivity contribution is -0.158. The number of ether oxygens (including phenoxy) is 2. The van der Waals surface area contributed by atoms with Gasteiger partial charge in [0.1, 0.15) is 24.1 Å². The molecular formula is C32H32ClF6N3O4. The third kappa shape index (κ3) is 10.2. The fourth-order valence-corrected chi connectivity index (χ4v) is 5.36. The van der Waals surface area contributed by atoms with Gasteiger partial charge in [-0.2, -0.15) is 13.2 Å². The van der Waals surface area contributed by atoms with E-state index in [0.717, 1.165) is 18.3 Å². The number of morpholine rings is 1. The summed E-state index contributed by atoms with van der Waals surface area (Å²) in [5.74, 6) is -4.71. The Labute approximate surface area is 266 Å². The number of Topliss-reactive ketones (excluding diaryl/α,β-unsaturated/α-hetero) is 1. The second-order valence-corrected chi connectivity index (χ2v) is 11.5. The van der Waals surface area contributed by atoms with Gasteiger partial charge in [-0.25, -0.2) is 13.2 Å². The number of aromatic nitrogens is 1. The van der Waals surface area contributed by atoms with E-state index < -0.39 is 66.2 Å². The molecule has 14 heteroatoms. The Bertz CT molecular complexity index is 1480. The number of alkyl halides is 3. The smallest absolute Gasteiger partial charge is 0.389 e. The minimum atomic E-state index is -4.45. The van der Waals surface area contributed by atoms with Crippen LogP contribution in [0.1, 0.15) is 47.4 Å². The molecule has 0 saturated carbocycles. The van der Waals surface area contributed by atoms with Crippen molar-refractivity contribution in [3.8, 4) is 0 Å². The summed E-state index contributed by atoms with van der Waals surface area (Å²) in [6, 6.07) is 7.60. The van der Waals surface area contributed by atoms with Crippen molar-refractivity contribution >= 4 is 23.4 Å². The highest BCUT2D eigenvalue weighted by Gasteiger charge is 2.31. The number of esters is 1. The molecule has 1 aromatic heterocycles. The number of rotatable bonds is 13. The number of ketones is 1. The van der Waals surface area contributed by atoms with Crippen LogP contribution in [0.25, 0.3) is 0 Å². The SMILES string of the molecule is N[C@H](C(=O)Cc1cncc(F)c1CC[C@@H]1CN[C@H](COC(=O)CCC(F)(F)F)CO1)[C@@H](c1ccc(Cl)cc1)c1cc(F)cc(F)c1. The van der Waals surface area contributed by atoms with E-state index in [9.17, 15) is 35.9 Å². The maximum atomic E-state index is 15.0. The molecule has 0 bridgehead atoms. The molecule has 0 unspecified atom stereocenters. The Balaban J connectivity index is 1.37. The van der Waals surface area contributed by atoms with Crippen LogP contribution in [-0.4, -0.2) is 60.9 Å². The van der Waals surface area contributed by atoms with Crippen molar-refractivity contribution in [2.24, 2.45) is 5.73 Å². The van der Waals surface area contributed by atoms with Crippen molar-refractivity contribution < 1.29 is 45.4 Å². The number of benzene rings is 2. The molecular weight excluding hydrogens is 640 g/mol. The number of hydrogen-bond donors (Lipinski definition) is 2. The monoisotopic (exact) mass is 671 g/mol. The van der Waals surface area contributed by atoms with Crippen LogP contribution >= 0.6 is 11.6 Å². The van der Waals surface area contributed by atoms with Crippen LogP contribution in [0.4, 0.5) is 26.3 Å². The van der Waals surface area contributed by atoms with Gasteiger partial charge in [0.15, 0.2) is 5.78 Å².